The SMILES string of the molecule is CC(C)(C)c1ccc2c(c1)B1c3cc(C(C)(C)C)ccc3N(c3ccc(-c4cccc5sc6ccccc6c45)cc3)c3cccc(c31)N2c1ccc(C2=CCCc3sc4ccccc4c32)cc1. The van der Waals surface area contributed by atoms with E-state index in [9.17, 15) is 0 Å². The Kier molecular flexibility index (Phi) is 9.05. The molecule has 5 heteroatoms. The number of nitrogens with zero attached hydrogens (tertiary/aromatic N) is 2. The summed E-state index contributed by atoms with van der Waals surface area (Å²) in [5.41, 5.74) is 20.6. The van der Waals surface area contributed by atoms with Gasteiger partial charge in [-0.05, 0) is 140 Å². The molecular formula is C62H51BN2S2. The molecule has 324 valence electrons. The van der Waals surface area contributed by atoms with Crippen molar-refractivity contribution in [1.29, 1.82) is 0 Å². The molecule has 0 fully saturated rings. The Hall–Kier alpha value is -6.66. The van der Waals surface area contributed by atoms with E-state index in [2.05, 4.69) is 227 Å². The first kappa shape index (κ1) is 40.6. The van der Waals surface area contributed by atoms with E-state index in [0.717, 1.165) is 18.5 Å². The third-order valence-corrected chi connectivity index (χ3v) is 17.0. The van der Waals surface area contributed by atoms with Crippen LogP contribution in [0.5, 0.6) is 0 Å². The quantitative estimate of drug-likeness (QED) is 0.162. The zero-order valence-electron chi connectivity index (χ0n) is 38.9. The van der Waals surface area contributed by atoms with Crippen molar-refractivity contribution in [2.45, 2.75) is 65.2 Å². The predicted molar refractivity (Wildman–Crippen MR) is 293 cm³/mol. The summed E-state index contributed by atoms with van der Waals surface area (Å²) >= 11 is 3.84. The minimum Gasteiger partial charge on any atom is -0.311 e. The van der Waals surface area contributed by atoms with Crippen molar-refractivity contribution in [3.05, 3.63) is 203 Å². The lowest BCUT2D eigenvalue weighted by atomic mass is 9.33. The molecule has 0 unspecified atom stereocenters. The first-order valence-corrected chi connectivity index (χ1v) is 25.5. The van der Waals surface area contributed by atoms with Crippen LogP contribution in [0.2, 0.25) is 0 Å². The average Bonchev–Trinajstić information content (AvgIpc) is 3.92. The monoisotopic (exact) mass is 898 g/mol. The zero-order valence-corrected chi connectivity index (χ0v) is 40.6. The third-order valence-electron chi connectivity index (χ3n) is 14.7. The third kappa shape index (κ3) is 6.35. The van der Waals surface area contributed by atoms with Gasteiger partial charge in [-0.25, -0.2) is 0 Å². The summed E-state index contributed by atoms with van der Waals surface area (Å²) in [6.45, 7) is 14.1. The van der Waals surface area contributed by atoms with Gasteiger partial charge in [-0.1, -0.05) is 151 Å². The number of fused-ring (bicyclic) bond motifs is 10. The predicted octanol–water partition coefficient (Wildman–Crippen LogP) is 16.0. The number of aryl methyl sites for hydroxylation is 1. The second-order valence-electron chi connectivity index (χ2n) is 20.8. The number of rotatable bonds is 4. The number of benzene rings is 8. The molecule has 10 aromatic rings. The second-order valence-corrected chi connectivity index (χ2v) is 23.0. The van der Waals surface area contributed by atoms with E-state index in [1.54, 1.807) is 0 Å². The molecule has 3 aliphatic rings. The fourth-order valence-corrected chi connectivity index (χ4v) is 13.7. The van der Waals surface area contributed by atoms with Crippen molar-refractivity contribution in [1.82, 2.24) is 0 Å². The van der Waals surface area contributed by atoms with Crippen molar-refractivity contribution in [3.63, 3.8) is 0 Å². The lowest BCUT2D eigenvalue weighted by molar-refractivity contribution is 0.590. The van der Waals surface area contributed by atoms with Gasteiger partial charge in [-0.15, -0.1) is 22.7 Å². The van der Waals surface area contributed by atoms with Gasteiger partial charge in [0.25, 0.3) is 6.71 Å². The highest BCUT2D eigenvalue weighted by atomic mass is 32.1. The van der Waals surface area contributed by atoms with Crippen LogP contribution >= 0.6 is 22.7 Å². The molecule has 0 radical (unpaired) electrons. The van der Waals surface area contributed by atoms with Crippen LogP contribution in [0.3, 0.4) is 0 Å². The lowest BCUT2D eigenvalue weighted by Crippen LogP contribution is -2.61. The number of hydrogen-bond acceptors (Lipinski definition) is 4. The van der Waals surface area contributed by atoms with Crippen molar-refractivity contribution >= 4 is 116 Å². The molecule has 2 nitrogen and oxygen atoms in total. The van der Waals surface area contributed by atoms with Gasteiger partial charge in [0.05, 0.1) is 0 Å². The molecule has 2 aliphatic heterocycles. The minimum absolute atomic E-state index is 0.0160. The van der Waals surface area contributed by atoms with Gasteiger partial charge in [0.1, 0.15) is 0 Å². The Labute approximate surface area is 402 Å². The molecule has 0 bridgehead atoms. The Balaban J connectivity index is 0.988. The van der Waals surface area contributed by atoms with Gasteiger partial charge in [-0.3, -0.25) is 0 Å². The van der Waals surface area contributed by atoms with E-state index >= 15 is 0 Å². The maximum absolute atomic E-state index is 2.55. The van der Waals surface area contributed by atoms with Crippen LogP contribution in [0, 0.1) is 0 Å². The number of allylic oxidation sites excluding steroid dienone is 1. The smallest absolute Gasteiger partial charge is 0.252 e. The van der Waals surface area contributed by atoms with Gasteiger partial charge in [0.2, 0.25) is 0 Å². The highest BCUT2D eigenvalue weighted by Gasteiger charge is 2.44. The minimum atomic E-state index is -0.0173. The van der Waals surface area contributed by atoms with Gasteiger partial charge in [-0.2, -0.15) is 0 Å². The fourth-order valence-electron chi connectivity index (χ4n) is 11.3. The summed E-state index contributed by atoms with van der Waals surface area (Å²) in [6.07, 6.45) is 4.65. The number of thiophene rings is 2. The molecule has 0 spiro atoms. The maximum atomic E-state index is 2.55. The maximum Gasteiger partial charge on any atom is 0.252 e. The molecule has 0 saturated heterocycles. The molecule has 8 aromatic carbocycles. The lowest BCUT2D eigenvalue weighted by Gasteiger charge is -2.44. The van der Waals surface area contributed by atoms with Gasteiger partial charge >= 0.3 is 0 Å². The molecule has 0 N–H and O–H groups in total. The standard InChI is InChI=1S/C62H51BN2S2/c1-61(2,3)40-28-34-50-48(36-40)63-49-37-41(62(4,5)6)29-35-51(49)65(43-32-26-39(27-33-43)45-17-12-23-57-59(45)47-15-8-10-21-55(47)67-57)53-19-13-18-52(60(53)63)64(50)42-30-24-38(25-31-42)44-16-11-22-56-58(44)46-14-7-9-20-54(46)66-56/h7-11,13-22,24-37H,12,23H2,1-6H3. The summed E-state index contributed by atoms with van der Waals surface area (Å²) in [4.78, 5) is 6.60. The van der Waals surface area contributed by atoms with Crippen molar-refractivity contribution in [2.24, 2.45) is 0 Å². The first-order chi connectivity index (χ1) is 32.5. The average molecular weight is 899 g/mol. The van der Waals surface area contributed by atoms with E-state index < -0.39 is 0 Å². The van der Waals surface area contributed by atoms with E-state index in [1.165, 1.54) is 119 Å². The van der Waals surface area contributed by atoms with E-state index in [4.69, 9.17) is 0 Å². The van der Waals surface area contributed by atoms with Crippen LogP contribution in [0.1, 0.15) is 75.1 Å². The number of anilines is 6. The summed E-state index contributed by atoms with van der Waals surface area (Å²) in [7, 11) is 0. The molecule has 0 saturated carbocycles. The van der Waals surface area contributed by atoms with Gasteiger partial charge in [0, 0.05) is 74.8 Å². The summed E-state index contributed by atoms with van der Waals surface area (Å²) in [6, 6.07) is 64.9. The highest BCUT2D eigenvalue weighted by molar-refractivity contribution is 7.26. The number of hydrogen-bond donors (Lipinski definition) is 0. The van der Waals surface area contributed by atoms with Crippen molar-refractivity contribution in [2.75, 3.05) is 9.80 Å². The van der Waals surface area contributed by atoms with E-state index in [1.807, 2.05) is 22.7 Å². The van der Waals surface area contributed by atoms with E-state index in [0.29, 0.717) is 0 Å². The van der Waals surface area contributed by atoms with Crippen LogP contribution in [0.4, 0.5) is 34.1 Å². The molecule has 13 rings (SSSR count). The molecule has 0 amide bonds. The molecule has 4 heterocycles. The van der Waals surface area contributed by atoms with Gasteiger partial charge < -0.3 is 9.80 Å². The summed E-state index contributed by atoms with van der Waals surface area (Å²) in [5.74, 6) is 0. The fraction of sp³-hybridized carbons (Fsp3) is 0.161. The Morgan fingerprint density at radius 3 is 1.63 bits per heavy atom. The van der Waals surface area contributed by atoms with Crippen LogP contribution < -0.4 is 26.2 Å². The van der Waals surface area contributed by atoms with Crippen molar-refractivity contribution < 1.29 is 0 Å². The Morgan fingerprint density at radius 2 is 1.01 bits per heavy atom. The van der Waals surface area contributed by atoms with Crippen LogP contribution in [0.15, 0.2) is 176 Å². The second kappa shape index (κ2) is 14.9. The van der Waals surface area contributed by atoms with Crippen LogP contribution in [-0.4, -0.2) is 6.71 Å². The molecule has 1 aliphatic carbocycles. The van der Waals surface area contributed by atoms with E-state index in [-0.39, 0.29) is 17.5 Å². The summed E-state index contributed by atoms with van der Waals surface area (Å²) in [5, 5.41) is 4.05. The molecule has 0 atom stereocenters. The van der Waals surface area contributed by atoms with Crippen LogP contribution in [-0.2, 0) is 17.3 Å². The van der Waals surface area contributed by atoms with Gasteiger partial charge in [0.15, 0.2) is 0 Å². The van der Waals surface area contributed by atoms with Crippen LogP contribution in [0.25, 0.3) is 47.0 Å². The Morgan fingerprint density at radius 1 is 0.478 bits per heavy atom. The Bertz CT molecular complexity index is 3670. The highest BCUT2D eigenvalue weighted by Crippen LogP contribution is 2.48. The van der Waals surface area contributed by atoms with Crippen molar-refractivity contribution in [3.8, 4) is 11.1 Å². The topological polar surface area (TPSA) is 6.48 Å². The zero-order chi connectivity index (χ0) is 45.3. The largest absolute Gasteiger partial charge is 0.311 e. The summed E-state index contributed by atoms with van der Waals surface area (Å²) < 4.78 is 4.04. The molecule has 2 aromatic heterocycles. The molecular weight excluding hydrogens is 848 g/mol. The first-order valence-electron chi connectivity index (χ1n) is 23.8. The molecule has 67 heavy (non-hydrogen) atoms. The normalized spacial score (nSPS) is 14.3.